The van der Waals surface area contributed by atoms with E-state index in [4.69, 9.17) is 11.6 Å². The molecule has 0 fully saturated rings. The highest BCUT2D eigenvalue weighted by atomic mass is 35.5. The van der Waals surface area contributed by atoms with E-state index in [0.29, 0.717) is 0 Å². The van der Waals surface area contributed by atoms with Crippen LogP contribution in [0.25, 0.3) is 0 Å². The van der Waals surface area contributed by atoms with Crippen molar-refractivity contribution < 1.29 is 5.11 Å². The van der Waals surface area contributed by atoms with Crippen LogP contribution >= 0.6 is 23.4 Å². The molecule has 0 aliphatic carbocycles. The molecule has 0 unspecified atom stereocenters. The fourth-order valence-corrected chi connectivity index (χ4v) is 3.86. The molecule has 1 aliphatic heterocycles. The van der Waals surface area contributed by atoms with Crippen molar-refractivity contribution in [2.24, 2.45) is 5.92 Å². The second-order valence-corrected chi connectivity index (χ2v) is 5.85. The molecule has 0 radical (unpaired) electrons. The van der Waals surface area contributed by atoms with Gasteiger partial charge in [-0.2, -0.15) is 0 Å². The molecule has 3 nitrogen and oxygen atoms in total. The maximum atomic E-state index is 10.4. The molecule has 0 bridgehead atoms. The van der Waals surface area contributed by atoms with Crippen molar-refractivity contribution in [3.05, 3.63) is 47.0 Å². The van der Waals surface area contributed by atoms with Crippen LogP contribution in [0.15, 0.2) is 35.5 Å². The Morgan fingerprint density at radius 1 is 1.50 bits per heavy atom. The Morgan fingerprint density at radius 3 is 3.17 bits per heavy atom. The van der Waals surface area contributed by atoms with Gasteiger partial charge in [0, 0.05) is 35.4 Å². The highest BCUT2D eigenvalue weighted by molar-refractivity contribution is 7.99. The van der Waals surface area contributed by atoms with Gasteiger partial charge < -0.3 is 10.1 Å². The summed E-state index contributed by atoms with van der Waals surface area (Å²) < 4.78 is 0. The number of nitrogens with zero attached hydrogens (tertiary/aromatic N) is 1. The van der Waals surface area contributed by atoms with Crippen LogP contribution in [0.1, 0.15) is 17.5 Å². The summed E-state index contributed by atoms with van der Waals surface area (Å²) in [6, 6.07) is 5.71. The van der Waals surface area contributed by atoms with Crippen LogP contribution in [0.3, 0.4) is 0 Å². The summed E-state index contributed by atoms with van der Waals surface area (Å²) in [7, 11) is 0. The first-order valence-corrected chi connectivity index (χ1v) is 7.19. The predicted molar refractivity (Wildman–Crippen MR) is 72.9 cm³/mol. The second kappa shape index (κ2) is 4.96. The highest BCUT2D eigenvalue weighted by Gasteiger charge is 2.30. The number of aliphatic hydroxyl groups is 1. The van der Waals surface area contributed by atoms with E-state index in [1.54, 1.807) is 18.0 Å². The Labute approximate surface area is 115 Å². The smallest absolute Gasteiger partial charge is 0.106 e. The van der Waals surface area contributed by atoms with Gasteiger partial charge in [0.05, 0.1) is 11.1 Å². The van der Waals surface area contributed by atoms with E-state index in [1.165, 1.54) is 0 Å². The number of nitrogens with one attached hydrogen (secondary N) is 1. The first-order valence-electron chi connectivity index (χ1n) is 5.83. The van der Waals surface area contributed by atoms with Crippen LogP contribution in [-0.4, -0.2) is 20.8 Å². The topological polar surface area (TPSA) is 48.9 Å². The van der Waals surface area contributed by atoms with E-state index in [0.717, 1.165) is 33.5 Å². The Bertz CT molecular complexity index is 544. The summed E-state index contributed by atoms with van der Waals surface area (Å²) >= 11 is 7.86. The van der Waals surface area contributed by atoms with Crippen LogP contribution in [-0.2, 0) is 6.42 Å². The first-order chi connectivity index (χ1) is 8.75. The van der Waals surface area contributed by atoms with Gasteiger partial charge in [-0.1, -0.05) is 23.7 Å². The monoisotopic (exact) mass is 280 g/mol. The third-order valence-electron chi connectivity index (χ3n) is 3.21. The number of aromatic nitrogens is 2. The van der Waals surface area contributed by atoms with Gasteiger partial charge in [0.2, 0.25) is 0 Å². The van der Waals surface area contributed by atoms with Gasteiger partial charge in [0.1, 0.15) is 5.82 Å². The normalized spacial score (nSPS) is 22.8. The summed E-state index contributed by atoms with van der Waals surface area (Å²) in [6.07, 6.45) is 3.84. The molecule has 2 atom stereocenters. The quantitative estimate of drug-likeness (QED) is 0.889. The van der Waals surface area contributed by atoms with Gasteiger partial charge in [-0.15, -0.1) is 11.8 Å². The molecular weight excluding hydrogens is 268 g/mol. The van der Waals surface area contributed by atoms with Gasteiger partial charge in [-0.05, 0) is 11.6 Å². The SMILES string of the molecule is O[C@H]1c2cccc(Cl)c2SC[C@@H]1Cc1ncc[nH]1. The van der Waals surface area contributed by atoms with Crippen molar-refractivity contribution in [3.63, 3.8) is 0 Å². The highest BCUT2D eigenvalue weighted by Crippen LogP contribution is 2.43. The molecule has 2 heterocycles. The molecule has 1 aromatic heterocycles. The van der Waals surface area contributed by atoms with Crippen LogP contribution in [0, 0.1) is 5.92 Å². The number of imidazole rings is 1. The zero-order valence-corrected chi connectivity index (χ0v) is 11.2. The zero-order chi connectivity index (χ0) is 12.5. The minimum absolute atomic E-state index is 0.173. The van der Waals surface area contributed by atoms with Crippen molar-refractivity contribution in [1.82, 2.24) is 9.97 Å². The average molecular weight is 281 g/mol. The van der Waals surface area contributed by atoms with Gasteiger partial charge in [0.15, 0.2) is 0 Å². The number of aliphatic hydroxyl groups excluding tert-OH is 1. The second-order valence-electron chi connectivity index (χ2n) is 4.41. The van der Waals surface area contributed by atoms with Gasteiger partial charge in [-0.3, -0.25) is 0 Å². The molecule has 2 N–H and O–H groups in total. The third kappa shape index (κ3) is 2.16. The molecule has 0 saturated carbocycles. The summed E-state index contributed by atoms with van der Waals surface area (Å²) in [5.74, 6) is 1.95. The van der Waals surface area contributed by atoms with Gasteiger partial charge in [0.25, 0.3) is 0 Å². The average Bonchev–Trinajstić information content (AvgIpc) is 2.86. The van der Waals surface area contributed by atoms with E-state index in [2.05, 4.69) is 9.97 Å². The molecule has 18 heavy (non-hydrogen) atoms. The molecule has 94 valence electrons. The lowest BCUT2D eigenvalue weighted by Crippen LogP contribution is -2.22. The number of rotatable bonds is 2. The maximum absolute atomic E-state index is 10.4. The fourth-order valence-electron chi connectivity index (χ4n) is 2.27. The molecule has 2 aromatic rings. The molecular formula is C13H13ClN2OS. The number of halogens is 1. The molecule has 0 spiro atoms. The lowest BCUT2D eigenvalue weighted by molar-refractivity contribution is 0.114. The number of benzene rings is 1. The Hall–Kier alpha value is -0.970. The predicted octanol–water partition coefficient (Wildman–Crippen LogP) is 3.06. The molecule has 0 saturated heterocycles. The lowest BCUT2D eigenvalue weighted by atomic mass is 9.93. The summed E-state index contributed by atoms with van der Waals surface area (Å²) in [5.41, 5.74) is 0.940. The van der Waals surface area contributed by atoms with Crippen LogP contribution in [0.4, 0.5) is 0 Å². The van der Waals surface area contributed by atoms with E-state index in [9.17, 15) is 5.11 Å². The van der Waals surface area contributed by atoms with Gasteiger partial charge >= 0.3 is 0 Å². The molecule has 0 amide bonds. The van der Waals surface area contributed by atoms with Crippen LogP contribution in [0.5, 0.6) is 0 Å². The Kier molecular flexibility index (Phi) is 3.33. The largest absolute Gasteiger partial charge is 0.388 e. The van der Waals surface area contributed by atoms with Crippen molar-refractivity contribution in [2.75, 3.05) is 5.75 Å². The zero-order valence-electron chi connectivity index (χ0n) is 9.64. The Balaban J connectivity index is 1.85. The molecule has 5 heteroatoms. The summed E-state index contributed by atoms with van der Waals surface area (Å²) in [4.78, 5) is 8.32. The van der Waals surface area contributed by atoms with Crippen molar-refractivity contribution in [2.45, 2.75) is 17.4 Å². The number of fused-ring (bicyclic) bond motifs is 1. The number of hydrogen-bond donors (Lipinski definition) is 2. The van der Waals surface area contributed by atoms with E-state index >= 15 is 0 Å². The number of aromatic amines is 1. The van der Waals surface area contributed by atoms with Crippen molar-refractivity contribution >= 4 is 23.4 Å². The lowest BCUT2D eigenvalue weighted by Gasteiger charge is -2.29. The van der Waals surface area contributed by atoms with E-state index in [1.807, 2.05) is 24.4 Å². The Morgan fingerprint density at radius 2 is 2.39 bits per heavy atom. The summed E-state index contributed by atoms with van der Waals surface area (Å²) in [6.45, 7) is 0. The van der Waals surface area contributed by atoms with E-state index in [-0.39, 0.29) is 5.92 Å². The van der Waals surface area contributed by atoms with Crippen LogP contribution in [0.2, 0.25) is 5.02 Å². The standard InChI is InChI=1S/C13H13ClN2OS/c14-10-3-1-2-9-12(17)8(7-18-13(9)10)6-11-15-4-5-16-11/h1-5,8,12,17H,6-7H2,(H,15,16)/t8-,12+/m0/s1. The maximum Gasteiger partial charge on any atom is 0.106 e. The fraction of sp³-hybridized carbons (Fsp3) is 0.308. The summed E-state index contributed by atoms with van der Waals surface area (Å²) in [5, 5.41) is 11.2. The number of hydrogen-bond acceptors (Lipinski definition) is 3. The van der Waals surface area contributed by atoms with Gasteiger partial charge in [-0.25, -0.2) is 4.98 Å². The minimum Gasteiger partial charge on any atom is -0.388 e. The molecule has 1 aromatic carbocycles. The van der Waals surface area contributed by atoms with Crippen LogP contribution < -0.4 is 0 Å². The molecule has 3 rings (SSSR count). The van der Waals surface area contributed by atoms with Crippen molar-refractivity contribution in [1.29, 1.82) is 0 Å². The molecule has 1 aliphatic rings. The minimum atomic E-state index is -0.468. The first kappa shape index (κ1) is 12.1. The number of H-pyrrole nitrogens is 1. The van der Waals surface area contributed by atoms with Crippen molar-refractivity contribution in [3.8, 4) is 0 Å². The van der Waals surface area contributed by atoms with E-state index < -0.39 is 6.10 Å². The number of thioether (sulfide) groups is 1. The third-order valence-corrected chi connectivity index (χ3v) is 4.98.